The summed E-state index contributed by atoms with van der Waals surface area (Å²) >= 11 is 0. The number of nitrogens with two attached hydrogens (primary N) is 1. The zero-order valence-electron chi connectivity index (χ0n) is 12.2. The van der Waals surface area contributed by atoms with Gasteiger partial charge < -0.3 is 5.73 Å². The van der Waals surface area contributed by atoms with Crippen molar-refractivity contribution in [3.05, 3.63) is 0 Å². The molecule has 0 saturated carbocycles. The van der Waals surface area contributed by atoms with Gasteiger partial charge in [-0.25, -0.2) is 0 Å². The molecule has 0 atom stereocenters. The average molecular weight is 242 g/mol. The van der Waals surface area contributed by atoms with Crippen LogP contribution < -0.4 is 5.73 Å². The largest absolute Gasteiger partial charge is 0.318 e. The van der Waals surface area contributed by atoms with E-state index in [2.05, 4.69) is 18.7 Å². The van der Waals surface area contributed by atoms with Gasteiger partial charge in [0.05, 0.1) is 0 Å². The molecule has 0 fully saturated rings. The van der Waals surface area contributed by atoms with Crippen molar-refractivity contribution in [3.8, 4) is 0 Å². The third kappa shape index (κ3) is 12.2. The van der Waals surface area contributed by atoms with Crippen molar-refractivity contribution in [1.29, 1.82) is 0 Å². The Balaban J connectivity index is 3.30. The summed E-state index contributed by atoms with van der Waals surface area (Å²) < 4.78 is 0. The van der Waals surface area contributed by atoms with Gasteiger partial charge in [0.15, 0.2) is 0 Å². The fourth-order valence-corrected chi connectivity index (χ4v) is 2.17. The van der Waals surface area contributed by atoms with Crippen LogP contribution in [0.1, 0.15) is 78.1 Å². The third-order valence-corrected chi connectivity index (χ3v) is 3.41. The minimum atomic E-state index is 0.738. The lowest BCUT2D eigenvalue weighted by molar-refractivity contribution is 0.267. The van der Waals surface area contributed by atoms with Crippen LogP contribution in [0.2, 0.25) is 0 Å². The maximum atomic E-state index is 5.78. The van der Waals surface area contributed by atoms with Crippen molar-refractivity contribution < 1.29 is 0 Å². The second-order valence-corrected chi connectivity index (χ2v) is 5.13. The van der Waals surface area contributed by atoms with E-state index in [-0.39, 0.29) is 0 Å². The average Bonchev–Trinajstić information content (AvgIpc) is 2.36. The Labute approximate surface area is 109 Å². The summed E-state index contributed by atoms with van der Waals surface area (Å²) in [5.74, 6) is 0. The topological polar surface area (TPSA) is 29.3 Å². The molecular formula is C15H34N2. The van der Waals surface area contributed by atoms with E-state index in [1.807, 2.05) is 0 Å². The highest BCUT2D eigenvalue weighted by atomic mass is 15.2. The van der Waals surface area contributed by atoms with Gasteiger partial charge in [-0.15, -0.1) is 0 Å². The smallest absolute Gasteiger partial charge is 0.0455 e. The van der Waals surface area contributed by atoms with Crippen LogP contribution in [0.25, 0.3) is 0 Å². The van der Waals surface area contributed by atoms with Gasteiger partial charge in [-0.2, -0.15) is 0 Å². The molecule has 17 heavy (non-hydrogen) atoms. The van der Waals surface area contributed by atoms with E-state index in [0.717, 1.165) is 6.67 Å². The molecule has 0 heterocycles. The number of unbranched alkanes of at least 4 members (excludes halogenated alkanes) is 8. The molecule has 2 heteroatoms. The molecule has 0 aromatic heterocycles. The Bertz CT molecular complexity index is 123. The van der Waals surface area contributed by atoms with Crippen molar-refractivity contribution in [2.75, 3.05) is 19.8 Å². The van der Waals surface area contributed by atoms with Gasteiger partial charge in [-0.05, 0) is 25.9 Å². The molecule has 104 valence electrons. The fourth-order valence-electron chi connectivity index (χ4n) is 2.17. The van der Waals surface area contributed by atoms with E-state index in [4.69, 9.17) is 5.73 Å². The van der Waals surface area contributed by atoms with Gasteiger partial charge in [0.1, 0.15) is 0 Å². The number of rotatable bonds is 13. The van der Waals surface area contributed by atoms with Crippen LogP contribution in [0.15, 0.2) is 0 Å². The quantitative estimate of drug-likeness (QED) is 0.388. The molecule has 0 amide bonds. The minimum Gasteiger partial charge on any atom is -0.318 e. The number of hydrogen-bond donors (Lipinski definition) is 1. The summed E-state index contributed by atoms with van der Waals surface area (Å²) in [4.78, 5) is 2.41. The summed E-state index contributed by atoms with van der Waals surface area (Å²) in [5, 5.41) is 0. The molecule has 0 saturated heterocycles. The van der Waals surface area contributed by atoms with Gasteiger partial charge in [-0.1, -0.05) is 65.2 Å². The highest BCUT2D eigenvalue weighted by Crippen LogP contribution is 2.06. The summed E-state index contributed by atoms with van der Waals surface area (Å²) in [7, 11) is 0. The van der Waals surface area contributed by atoms with Crippen LogP contribution in [0.3, 0.4) is 0 Å². The van der Waals surface area contributed by atoms with Crippen molar-refractivity contribution in [2.45, 2.75) is 78.1 Å². The van der Waals surface area contributed by atoms with Gasteiger partial charge in [-0.3, -0.25) is 4.90 Å². The predicted molar refractivity (Wildman–Crippen MR) is 78.1 cm³/mol. The number of nitrogens with zero attached hydrogens (tertiary/aromatic N) is 1. The van der Waals surface area contributed by atoms with Crippen LogP contribution in [0.5, 0.6) is 0 Å². The molecule has 2 nitrogen and oxygen atoms in total. The second kappa shape index (κ2) is 14.0. The van der Waals surface area contributed by atoms with Gasteiger partial charge in [0.25, 0.3) is 0 Å². The molecule has 0 radical (unpaired) electrons. The first-order valence-corrected chi connectivity index (χ1v) is 7.77. The van der Waals surface area contributed by atoms with E-state index in [9.17, 15) is 0 Å². The Morgan fingerprint density at radius 3 is 1.41 bits per heavy atom. The van der Waals surface area contributed by atoms with Gasteiger partial charge >= 0.3 is 0 Å². The standard InChI is InChI=1S/C15H34N2/c1-3-5-7-9-11-13-17(15-16)14-12-10-8-6-4-2/h3-16H2,1-2H3. The molecule has 0 rings (SSSR count). The molecule has 0 aliphatic carbocycles. The van der Waals surface area contributed by atoms with Crippen molar-refractivity contribution in [3.63, 3.8) is 0 Å². The van der Waals surface area contributed by atoms with Crippen LogP contribution in [-0.4, -0.2) is 24.7 Å². The van der Waals surface area contributed by atoms with Crippen LogP contribution in [0.4, 0.5) is 0 Å². The van der Waals surface area contributed by atoms with Crippen LogP contribution in [-0.2, 0) is 0 Å². The fraction of sp³-hybridized carbons (Fsp3) is 1.00. The molecule has 0 bridgehead atoms. The summed E-state index contributed by atoms with van der Waals surface area (Å²) in [6.07, 6.45) is 13.6. The van der Waals surface area contributed by atoms with Crippen LogP contribution >= 0.6 is 0 Å². The lowest BCUT2D eigenvalue weighted by Crippen LogP contribution is -2.31. The zero-order valence-corrected chi connectivity index (χ0v) is 12.2. The predicted octanol–water partition coefficient (Wildman–Crippen LogP) is 4.15. The Kier molecular flexibility index (Phi) is 13.9. The first-order valence-electron chi connectivity index (χ1n) is 7.77. The third-order valence-electron chi connectivity index (χ3n) is 3.41. The van der Waals surface area contributed by atoms with Crippen LogP contribution in [0, 0.1) is 0 Å². The molecule has 0 unspecified atom stereocenters. The zero-order chi connectivity index (χ0) is 12.8. The number of hydrogen-bond acceptors (Lipinski definition) is 2. The van der Waals surface area contributed by atoms with Gasteiger partial charge in [0.2, 0.25) is 0 Å². The first kappa shape index (κ1) is 16.9. The van der Waals surface area contributed by atoms with Gasteiger partial charge in [0, 0.05) is 6.67 Å². The molecule has 0 aromatic rings. The summed E-state index contributed by atoms with van der Waals surface area (Å²) in [6.45, 7) is 7.68. The SMILES string of the molecule is CCCCCCCN(CN)CCCCCCC. The van der Waals surface area contributed by atoms with E-state index in [0.29, 0.717) is 0 Å². The normalized spacial score (nSPS) is 11.3. The maximum absolute atomic E-state index is 5.78. The van der Waals surface area contributed by atoms with E-state index < -0.39 is 0 Å². The molecular weight excluding hydrogens is 208 g/mol. The maximum Gasteiger partial charge on any atom is 0.0455 e. The van der Waals surface area contributed by atoms with Crippen molar-refractivity contribution >= 4 is 0 Å². The molecule has 2 N–H and O–H groups in total. The second-order valence-electron chi connectivity index (χ2n) is 5.13. The van der Waals surface area contributed by atoms with E-state index >= 15 is 0 Å². The highest BCUT2D eigenvalue weighted by molar-refractivity contribution is 4.56. The monoisotopic (exact) mass is 242 g/mol. The highest BCUT2D eigenvalue weighted by Gasteiger charge is 2.01. The van der Waals surface area contributed by atoms with Crippen molar-refractivity contribution in [1.82, 2.24) is 4.90 Å². The molecule has 0 aliphatic heterocycles. The lowest BCUT2D eigenvalue weighted by atomic mass is 10.1. The summed E-state index contributed by atoms with van der Waals surface area (Å²) in [5.41, 5.74) is 5.78. The van der Waals surface area contributed by atoms with Crippen molar-refractivity contribution in [2.24, 2.45) is 5.73 Å². The molecule has 0 aliphatic rings. The summed E-state index contributed by atoms with van der Waals surface area (Å²) in [6, 6.07) is 0. The minimum absolute atomic E-state index is 0.738. The van der Waals surface area contributed by atoms with E-state index in [1.165, 1.54) is 77.3 Å². The molecule has 0 aromatic carbocycles. The van der Waals surface area contributed by atoms with E-state index in [1.54, 1.807) is 0 Å². The molecule has 0 spiro atoms. The lowest BCUT2D eigenvalue weighted by Gasteiger charge is -2.19. The first-order chi connectivity index (χ1) is 8.35. The Hall–Kier alpha value is -0.0800. The Morgan fingerprint density at radius 1 is 0.647 bits per heavy atom. The Morgan fingerprint density at radius 2 is 1.06 bits per heavy atom.